The first-order valence-corrected chi connectivity index (χ1v) is 3.14. The summed E-state index contributed by atoms with van der Waals surface area (Å²) in [6.45, 7) is 0. The molecule has 6 nitrogen and oxygen atoms in total. The molecule has 12 heavy (non-hydrogen) atoms. The van der Waals surface area contributed by atoms with Crippen LogP contribution in [-0.2, 0) is 0 Å². The van der Waals surface area contributed by atoms with Gasteiger partial charge in [0.25, 0.3) is 5.56 Å². The van der Waals surface area contributed by atoms with Gasteiger partial charge in [-0.3, -0.25) is 9.78 Å². The number of hydrogen-bond acceptors (Lipinski definition) is 4. The van der Waals surface area contributed by atoms with Crippen molar-refractivity contribution in [2.75, 3.05) is 0 Å². The van der Waals surface area contributed by atoms with Crippen molar-refractivity contribution in [3.63, 3.8) is 0 Å². The van der Waals surface area contributed by atoms with E-state index in [0.29, 0.717) is 5.78 Å². The second-order valence-electron chi connectivity index (χ2n) is 2.14. The Bertz CT molecular complexity index is 516. The number of nitrogens with one attached hydrogen (secondary N) is 1. The molecule has 0 spiro atoms. The van der Waals surface area contributed by atoms with E-state index in [2.05, 4.69) is 15.1 Å². The number of hydrogen-bond donors (Lipinski definition) is 1. The molecule has 2 rings (SSSR count). The van der Waals surface area contributed by atoms with Gasteiger partial charge in [-0.25, -0.2) is 4.52 Å². The van der Waals surface area contributed by atoms with Gasteiger partial charge in [0.05, 0.1) is 6.20 Å². The molecule has 0 bridgehead atoms. The lowest BCUT2D eigenvalue weighted by Gasteiger charge is -1.89. The highest BCUT2D eigenvalue weighted by molar-refractivity contribution is 5.31. The van der Waals surface area contributed by atoms with Crippen LogP contribution in [0.5, 0.6) is 0 Å². The van der Waals surface area contributed by atoms with Gasteiger partial charge < -0.3 is 0 Å². The lowest BCUT2D eigenvalue weighted by atomic mass is 10.4. The minimum atomic E-state index is -0.446. The quantitative estimate of drug-likeness (QED) is 0.552. The van der Waals surface area contributed by atoms with Gasteiger partial charge in [0, 0.05) is 0 Å². The second-order valence-corrected chi connectivity index (χ2v) is 2.14. The molecule has 0 aromatic carbocycles. The van der Waals surface area contributed by atoms with E-state index in [0.717, 1.165) is 0 Å². The van der Waals surface area contributed by atoms with E-state index in [-0.39, 0.29) is 5.56 Å². The van der Waals surface area contributed by atoms with Crippen LogP contribution in [0.25, 0.3) is 5.78 Å². The average molecular weight is 161 g/mol. The molecule has 0 aliphatic rings. The minimum Gasteiger partial charge on any atom is -0.290 e. The van der Waals surface area contributed by atoms with Crippen LogP contribution in [0.2, 0.25) is 0 Å². The number of fused-ring (bicyclic) bond motifs is 1. The van der Waals surface area contributed by atoms with Gasteiger partial charge in [0.15, 0.2) is 0 Å². The van der Waals surface area contributed by atoms with Crippen molar-refractivity contribution in [2.24, 2.45) is 0 Å². The molecule has 0 radical (unpaired) electrons. The van der Waals surface area contributed by atoms with Gasteiger partial charge in [0.2, 0.25) is 5.78 Å². The van der Waals surface area contributed by atoms with Gasteiger partial charge in [-0.1, -0.05) is 0 Å². The fourth-order valence-electron chi connectivity index (χ4n) is 0.863. The summed E-state index contributed by atoms with van der Waals surface area (Å²) in [5, 5.41) is 12.2. The first kappa shape index (κ1) is 6.54. The number of H-pyrrole nitrogens is 1. The number of nitriles is 1. The summed E-state index contributed by atoms with van der Waals surface area (Å²) in [5.41, 5.74) is -0.425. The first-order valence-electron chi connectivity index (χ1n) is 3.14. The highest BCUT2D eigenvalue weighted by atomic mass is 16.1. The van der Waals surface area contributed by atoms with Crippen molar-refractivity contribution < 1.29 is 0 Å². The lowest BCUT2D eigenvalue weighted by Crippen LogP contribution is -2.12. The van der Waals surface area contributed by atoms with E-state index in [1.165, 1.54) is 17.0 Å². The summed E-state index contributed by atoms with van der Waals surface area (Å²) in [4.78, 5) is 17.1. The molecule has 2 heterocycles. The maximum Gasteiger partial charge on any atom is 0.270 e. The monoisotopic (exact) mass is 161 g/mol. The van der Waals surface area contributed by atoms with Crippen LogP contribution in [0, 0.1) is 11.3 Å². The first-order chi connectivity index (χ1) is 5.81. The molecule has 0 saturated heterocycles. The van der Waals surface area contributed by atoms with Gasteiger partial charge in [-0.15, -0.1) is 0 Å². The summed E-state index contributed by atoms with van der Waals surface area (Å²) in [5.74, 6) is 0.332. The maximum atomic E-state index is 11.0. The molecule has 0 aliphatic carbocycles. The van der Waals surface area contributed by atoms with Crippen molar-refractivity contribution in [3.8, 4) is 6.07 Å². The fourth-order valence-corrected chi connectivity index (χ4v) is 0.863. The SMILES string of the molecule is N#Cc1cn2ncnc2[nH]c1=O. The summed E-state index contributed by atoms with van der Waals surface area (Å²) >= 11 is 0. The van der Waals surface area contributed by atoms with Crippen LogP contribution in [0.1, 0.15) is 5.56 Å². The van der Waals surface area contributed by atoms with E-state index < -0.39 is 5.56 Å². The highest BCUT2D eigenvalue weighted by Crippen LogP contribution is 1.90. The van der Waals surface area contributed by atoms with Crippen LogP contribution in [0.3, 0.4) is 0 Å². The van der Waals surface area contributed by atoms with Gasteiger partial charge in [-0.05, 0) is 0 Å². The van der Waals surface area contributed by atoms with Crippen molar-refractivity contribution in [3.05, 3.63) is 28.4 Å². The molecule has 6 heteroatoms. The lowest BCUT2D eigenvalue weighted by molar-refractivity contribution is 0.924. The van der Waals surface area contributed by atoms with Gasteiger partial charge in [-0.2, -0.15) is 15.3 Å². The summed E-state index contributed by atoms with van der Waals surface area (Å²) < 4.78 is 1.33. The number of nitrogens with zero attached hydrogens (tertiary/aromatic N) is 4. The zero-order valence-electron chi connectivity index (χ0n) is 5.85. The molecule has 2 aromatic heterocycles. The van der Waals surface area contributed by atoms with E-state index in [1.54, 1.807) is 6.07 Å². The molecule has 0 atom stereocenters. The predicted molar refractivity (Wildman–Crippen MR) is 38.3 cm³/mol. The van der Waals surface area contributed by atoms with E-state index in [1.807, 2.05) is 0 Å². The Morgan fingerprint density at radius 3 is 3.25 bits per heavy atom. The molecule has 2 aromatic rings. The van der Waals surface area contributed by atoms with E-state index >= 15 is 0 Å². The van der Waals surface area contributed by atoms with Crippen molar-refractivity contribution in [1.82, 2.24) is 19.6 Å². The Balaban J connectivity index is 2.93. The topological polar surface area (TPSA) is 86.8 Å². The maximum absolute atomic E-state index is 11.0. The van der Waals surface area contributed by atoms with Crippen LogP contribution in [0.15, 0.2) is 17.3 Å². The van der Waals surface area contributed by atoms with E-state index in [4.69, 9.17) is 5.26 Å². The molecule has 0 unspecified atom stereocenters. The number of rotatable bonds is 0. The Morgan fingerprint density at radius 2 is 2.50 bits per heavy atom. The highest BCUT2D eigenvalue weighted by Gasteiger charge is 2.01. The average Bonchev–Trinajstić information content (AvgIpc) is 2.49. The molecule has 1 N–H and O–H groups in total. The van der Waals surface area contributed by atoms with Gasteiger partial charge >= 0.3 is 0 Å². The standard InChI is InChI=1S/C6H3N5O/c7-1-4-2-11-6(8-3-9-11)10-5(4)12/h2-3H,(H,8,9,10,12). The third-order valence-electron chi connectivity index (χ3n) is 1.41. The third kappa shape index (κ3) is 0.769. The summed E-state index contributed by atoms with van der Waals surface area (Å²) in [7, 11) is 0. The predicted octanol–water partition coefficient (Wildman–Crippen LogP) is -0.711. The Morgan fingerprint density at radius 1 is 1.67 bits per heavy atom. The molecular weight excluding hydrogens is 158 g/mol. The Labute approximate surface area is 66.1 Å². The molecule has 0 fully saturated rings. The molecule has 0 amide bonds. The Kier molecular flexibility index (Phi) is 1.18. The zero-order valence-corrected chi connectivity index (χ0v) is 5.85. The summed E-state index contributed by atoms with van der Waals surface area (Å²) in [6.07, 6.45) is 2.63. The normalized spacial score (nSPS) is 9.92. The molecular formula is C6H3N5O. The number of aromatic amines is 1. The molecule has 0 saturated carbocycles. The van der Waals surface area contributed by atoms with Crippen molar-refractivity contribution in [2.45, 2.75) is 0 Å². The Hall–Kier alpha value is -2.16. The van der Waals surface area contributed by atoms with Crippen molar-refractivity contribution >= 4 is 5.78 Å². The van der Waals surface area contributed by atoms with Crippen LogP contribution >= 0.6 is 0 Å². The second kappa shape index (κ2) is 2.17. The van der Waals surface area contributed by atoms with Gasteiger partial charge in [0.1, 0.15) is 18.0 Å². The zero-order chi connectivity index (χ0) is 8.55. The van der Waals surface area contributed by atoms with Crippen molar-refractivity contribution in [1.29, 1.82) is 5.26 Å². The van der Waals surface area contributed by atoms with Crippen LogP contribution < -0.4 is 5.56 Å². The fraction of sp³-hybridized carbons (Fsp3) is 0. The van der Waals surface area contributed by atoms with Crippen LogP contribution in [-0.4, -0.2) is 19.6 Å². The summed E-state index contributed by atoms with van der Waals surface area (Å²) in [6, 6.07) is 1.74. The van der Waals surface area contributed by atoms with E-state index in [9.17, 15) is 4.79 Å². The third-order valence-corrected chi connectivity index (χ3v) is 1.41. The number of aromatic nitrogens is 4. The largest absolute Gasteiger partial charge is 0.290 e. The molecule has 58 valence electrons. The van der Waals surface area contributed by atoms with Crippen LogP contribution in [0.4, 0.5) is 0 Å². The smallest absolute Gasteiger partial charge is 0.270 e. The minimum absolute atomic E-state index is 0.0213. The molecule has 0 aliphatic heterocycles.